The third kappa shape index (κ3) is 2.70. The van der Waals surface area contributed by atoms with Crippen LogP contribution in [-0.2, 0) is 7.05 Å². The van der Waals surface area contributed by atoms with Crippen LogP contribution in [0.2, 0.25) is 0 Å². The monoisotopic (exact) mass is 350 g/mol. The van der Waals surface area contributed by atoms with Gasteiger partial charge in [-0.3, -0.25) is 0 Å². The van der Waals surface area contributed by atoms with Crippen molar-refractivity contribution >= 4 is 6.08 Å². The topological polar surface area (TPSA) is 63.0 Å². The zero-order chi connectivity index (χ0) is 17.9. The number of nitrogens with zero attached hydrogens (tertiary/aromatic N) is 3. The Morgan fingerprint density at radius 2 is 1.96 bits per heavy atom. The number of allylic oxidation sites excluding steroid dienone is 1. The van der Waals surface area contributed by atoms with Crippen LogP contribution in [0.25, 0.3) is 17.6 Å². The smallest absolute Gasteiger partial charge is 0.368 e. The first-order chi connectivity index (χ1) is 11.8. The minimum atomic E-state index is -4.57. The molecule has 1 saturated carbocycles. The highest BCUT2D eigenvalue weighted by Gasteiger charge is 2.39. The highest BCUT2D eigenvalue weighted by atomic mass is 19.4. The van der Waals surface area contributed by atoms with Crippen molar-refractivity contribution in [2.45, 2.75) is 38.1 Å². The molecule has 5 nitrogen and oxygen atoms in total. The summed E-state index contributed by atoms with van der Waals surface area (Å²) in [5.74, 6) is 0.906. The zero-order valence-corrected chi connectivity index (χ0v) is 13.7. The molecule has 0 radical (unpaired) electrons. The first-order valence-electron chi connectivity index (χ1n) is 8.03. The van der Waals surface area contributed by atoms with E-state index in [9.17, 15) is 18.3 Å². The number of aliphatic hydroxyl groups is 1. The normalized spacial score (nSPS) is 20.1. The fraction of sp³-hybridized carbons (Fsp3) is 0.412. The number of imidazole rings is 1. The van der Waals surface area contributed by atoms with Crippen LogP contribution in [0, 0.1) is 6.92 Å². The molecule has 0 bridgehead atoms. The summed E-state index contributed by atoms with van der Waals surface area (Å²) in [6.45, 7) is 1.89. The summed E-state index contributed by atoms with van der Waals surface area (Å²) in [6.07, 6.45) is -2.92. The Morgan fingerprint density at radius 1 is 1.24 bits per heavy atom. The third-order valence-corrected chi connectivity index (χ3v) is 4.63. The molecule has 0 saturated heterocycles. The van der Waals surface area contributed by atoms with Gasteiger partial charge in [0.15, 0.2) is 12.1 Å². The molecule has 1 aliphatic heterocycles. The van der Waals surface area contributed by atoms with Crippen molar-refractivity contribution in [2.75, 3.05) is 0 Å². The van der Waals surface area contributed by atoms with E-state index >= 15 is 0 Å². The Bertz CT molecular complexity index is 881. The number of hydrogen-bond donors (Lipinski definition) is 2. The standard InChI is InChI=1S/C17H17F3N4O/c1-8-3-6-10(9-4-5-9)21-13(8)15-22-11-7-12(17(18,19)20)23-16(25)14(11)24(15)2/h3,6-7,9,16,23,25H,4-5H2,1-2H3. The van der Waals surface area contributed by atoms with Crippen molar-refractivity contribution in [1.82, 2.24) is 19.9 Å². The average molecular weight is 350 g/mol. The predicted octanol–water partition coefficient (Wildman–Crippen LogP) is 3.17. The Balaban J connectivity index is 1.84. The maximum absolute atomic E-state index is 13.0. The van der Waals surface area contributed by atoms with Crippen molar-refractivity contribution in [3.05, 3.63) is 40.5 Å². The molecule has 1 fully saturated rings. The van der Waals surface area contributed by atoms with E-state index in [-0.39, 0.29) is 5.69 Å². The van der Waals surface area contributed by atoms with Gasteiger partial charge < -0.3 is 15.0 Å². The molecule has 3 heterocycles. The van der Waals surface area contributed by atoms with Gasteiger partial charge in [-0.05, 0) is 37.5 Å². The van der Waals surface area contributed by atoms with E-state index in [0.29, 0.717) is 23.1 Å². The van der Waals surface area contributed by atoms with Crippen molar-refractivity contribution in [1.29, 1.82) is 0 Å². The summed E-state index contributed by atoms with van der Waals surface area (Å²) in [7, 11) is 1.67. The predicted molar refractivity (Wildman–Crippen MR) is 85.3 cm³/mol. The number of aryl methyl sites for hydroxylation is 1. The summed E-state index contributed by atoms with van der Waals surface area (Å²) in [5.41, 5.74) is 1.89. The Labute approximate surface area is 142 Å². The van der Waals surface area contributed by atoms with Gasteiger partial charge in [-0.15, -0.1) is 0 Å². The lowest BCUT2D eigenvalue weighted by molar-refractivity contribution is -0.101. The van der Waals surface area contributed by atoms with Gasteiger partial charge in [0, 0.05) is 18.7 Å². The summed E-state index contributed by atoms with van der Waals surface area (Å²) < 4.78 is 40.5. The van der Waals surface area contributed by atoms with Crippen LogP contribution in [0.5, 0.6) is 0 Å². The number of aromatic nitrogens is 3. The lowest BCUT2D eigenvalue weighted by atomic mass is 10.1. The fourth-order valence-corrected chi connectivity index (χ4v) is 3.11. The minimum absolute atomic E-state index is 0.106. The lowest BCUT2D eigenvalue weighted by Gasteiger charge is -2.23. The SMILES string of the molecule is Cc1ccc(C2CC2)nc1-c1nc2c(n1C)C(O)NC(C(F)(F)F)=C2. The van der Waals surface area contributed by atoms with Crippen molar-refractivity contribution in [2.24, 2.45) is 7.05 Å². The molecule has 0 spiro atoms. The van der Waals surface area contributed by atoms with E-state index < -0.39 is 18.1 Å². The maximum Gasteiger partial charge on any atom is 0.431 e. The number of nitrogens with one attached hydrogen (secondary N) is 1. The Hall–Kier alpha value is -2.35. The van der Waals surface area contributed by atoms with Gasteiger partial charge in [-0.25, -0.2) is 9.97 Å². The quantitative estimate of drug-likeness (QED) is 0.873. The van der Waals surface area contributed by atoms with Crippen molar-refractivity contribution in [3.63, 3.8) is 0 Å². The Kier molecular flexibility index (Phi) is 3.44. The van der Waals surface area contributed by atoms with E-state index in [1.165, 1.54) is 0 Å². The zero-order valence-electron chi connectivity index (χ0n) is 13.7. The molecule has 8 heteroatoms. The summed E-state index contributed by atoms with van der Waals surface area (Å²) in [5, 5.41) is 12.2. The molecular formula is C17H17F3N4O. The number of hydrogen-bond acceptors (Lipinski definition) is 4. The van der Waals surface area contributed by atoms with E-state index in [2.05, 4.69) is 15.3 Å². The first kappa shape index (κ1) is 16.1. The van der Waals surface area contributed by atoms with Crippen LogP contribution < -0.4 is 5.32 Å². The van der Waals surface area contributed by atoms with Gasteiger partial charge in [-0.2, -0.15) is 13.2 Å². The number of rotatable bonds is 2. The largest absolute Gasteiger partial charge is 0.431 e. The van der Waals surface area contributed by atoms with E-state index in [1.54, 1.807) is 11.6 Å². The molecule has 0 aromatic carbocycles. The molecule has 2 N–H and O–H groups in total. The summed E-state index contributed by atoms with van der Waals surface area (Å²) in [6, 6.07) is 3.94. The average Bonchev–Trinajstić information content (AvgIpc) is 3.31. The summed E-state index contributed by atoms with van der Waals surface area (Å²) >= 11 is 0. The molecule has 4 rings (SSSR count). The minimum Gasteiger partial charge on any atom is -0.368 e. The molecule has 1 unspecified atom stereocenters. The van der Waals surface area contributed by atoms with E-state index in [1.807, 2.05) is 19.1 Å². The first-order valence-corrected chi connectivity index (χ1v) is 8.03. The molecule has 25 heavy (non-hydrogen) atoms. The van der Waals surface area contributed by atoms with Crippen molar-refractivity contribution < 1.29 is 18.3 Å². The molecule has 1 aliphatic carbocycles. The number of pyridine rings is 1. The van der Waals surface area contributed by atoms with Gasteiger partial charge in [0.05, 0.1) is 11.4 Å². The second kappa shape index (κ2) is 5.32. The van der Waals surface area contributed by atoms with Crippen LogP contribution >= 0.6 is 0 Å². The molecule has 132 valence electrons. The van der Waals surface area contributed by atoms with Gasteiger partial charge in [0.25, 0.3) is 0 Å². The van der Waals surface area contributed by atoms with Crippen LogP contribution in [0.1, 0.15) is 47.6 Å². The molecule has 2 aromatic heterocycles. The van der Waals surface area contributed by atoms with Crippen LogP contribution in [0.15, 0.2) is 17.8 Å². The maximum atomic E-state index is 13.0. The third-order valence-electron chi connectivity index (χ3n) is 4.63. The van der Waals surface area contributed by atoms with Crippen LogP contribution in [0.3, 0.4) is 0 Å². The number of fused-ring (bicyclic) bond motifs is 1. The molecule has 0 amide bonds. The highest BCUT2D eigenvalue weighted by Crippen LogP contribution is 2.40. The number of alkyl halides is 3. The van der Waals surface area contributed by atoms with E-state index in [0.717, 1.165) is 30.2 Å². The highest BCUT2D eigenvalue weighted by molar-refractivity contribution is 5.64. The fourth-order valence-electron chi connectivity index (χ4n) is 3.11. The molecule has 2 aliphatic rings. The second-order valence-corrected chi connectivity index (χ2v) is 6.54. The molecule has 2 aromatic rings. The van der Waals surface area contributed by atoms with Gasteiger partial charge in [0.2, 0.25) is 0 Å². The van der Waals surface area contributed by atoms with E-state index in [4.69, 9.17) is 0 Å². The molecular weight excluding hydrogens is 333 g/mol. The van der Waals surface area contributed by atoms with Gasteiger partial charge in [-0.1, -0.05) is 6.07 Å². The lowest BCUT2D eigenvalue weighted by Crippen LogP contribution is -2.33. The van der Waals surface area contributed by atoms with Gasteiger partial charge in [0.1, 0.15) is 11.4 Å². The van der Waals surface area contributed by atoms with Crippen LogP contribution in [0.4, 0.5) is 13.2 Å². The van der Waals surface area contributed by atoms with Crippen molar-refractivity contribution in [3.8, 4) is 11.5 Å². The number of aliphatic hydroxyl groups excluding tert-OH is 1. The Morgan fingerprint density at radius 3 is 2.60 bits per heavy atom. The summed E-state index contributed by atoms with van der Waals surface area (Å²) in [4.78, 5) is 9.01. The van der Waals surface area contributed by atoms with Gasteiger partial charge >= 0.3 is 6.18 Å². The van der Waals surface area contributed by atoms with Crippen LogP contribution in [-0.4, -0.2) is 25.8 Å². The molecule has 1 atom stereocenters. The number of halogens is 3. The second-order valence-electron chi connectivity index (χ2n) is 6.54.